The lowest BCUT2D eigenvalue weighted by molar-refractivity contribution is -0.147. The Morgan fingerprint density at radius 2 is 1.72 bits per heavy atom. The van der Waals surface area contributed by atoms with Crippen molar-refractivity contribution in [3.63, 3.8) is 0 Å². The summed E-state index contributed by atoms with van der Waals surface area (Å²) in [7, 11) is 1.44. The van der Waals surface area contributed by atoms with Gasteiger partial charge in [0, 0.05) is 10.6 Å². The van der Waals surface area contributed by atoms with Crippen LogP contribution in [0.1, 0.15) is 24.4 Å². The van der Waals surface area contributed by atoms with Gasteiger partial charge in [-0.25, -0.2) is 0 Å². The summed E-state index contributed by atoms with van der Waals surface area (Å²) in [5.41, 5.74) is 2.15. The second-order valence-electron chi connectivity index (χ2n) is 7.54. The number of rotatable bonds is 4. The Morgan fingerprint density at radius 1 is 1.03 bits per heavy atom. The third-order valence-electron chi connectivity index (χ3n) is 5.77. The van der Waals surface area contributed by atoms with Crippen LogP contribution in [0.2, 0.25) is 0 Å². The zero-order valence-corrected chi connectivity index (χ0v) is 17.4. The van der Waals surface area contributed by atoms with E-state index < -0.39 is 0 Å². The molecule has 152 valence electrons. The van der Waals surface area contributed by atoms with Gasteiger partial charge < -0.3 is 9.64 Å². The minimum atomic E-state index is -0.137. The van der Waals surface area contributed by atoms with Crippen molar-refractivity contribution in [2.75, 3.05) is 37.4 Å². The number of hydrogen-bond acceptors (Lipinski definition) is 5. The van der Waals surface area contributed by atoms with Crippen LogP contribution in [0.25, 0.3) is 0 Å². The molecule has 0 aliphatic carbocycles. The highest BCUT2D eigenvalue weighted by atomic mass is 32.2. The summed E-state index contributed by atoms with van der Waals surface area (Å²) in [5, 5.41) is 0. The van der Waals surface area contributed by atoms with Crippen molar-refractivity contribution in [3.05, 3.63) is 60.2 Å². The number of ether oxygens (including phenoxy) is 1. The average molecular weight is 411 g/mol. The van der Waals surface area contributed by atoms with Gasteiger partial charge in [-0.3, -0.25) is 14.5 Å². The highest BCUT2D eigenvalue weighted by Crippen LogP contribution is 2.43. The van der Waals surface area contributed by atoms with Gasteiger partial charge in [0.15, 0.2) is 0 Å². The van der Waals surface area contributed by atoms with E-state index in [4.69, 9.17) is 4.74 Å². The molecule has 5 nitrogen and oxygen atoms in total. The summed E-state index contributed by atoms with van der Waals surface area (Å²) in [6.45, 7) is 1.85. The van der Waals surface area contributed by atoms with E-state index in [0.29, 0.717) is 6.54 Å². The predicted octanol–water partition coefficient (Wildman–Crippen LogP) is 3.75. The van der Waals surface area contributed by atoms with Gasteiger partial charge >= 0.3 is 5.97 Å². The largest absolute Gasteiger partial charge is 0.469 e. The Morgan fingerprint density at radius 3 is 2.45 bits per heavy atom. The van der Waals surface area contributed by atoms with Crippen LogP contribution in [0, 0.1) is 5.92 Å². The first-order chi connectivity index (χ1) is 14.2. The minimum Gasteiger partial charge on any atom is -0.469 e. The molecule has 0 aromatic heterocycles. The highest BCUT2D eigenvalue weighted by Gasteiger charge is 2.34. The standard InChI is InChI=1S/C23H26N2O3S/c1-28-23(27)18-11-13-24(14-12-18)15-22(26)25-19-9-5-6-10-21(19)29-16-20(25)17-7-3-2-4-8-17/h2-10,18,20H,11-16H2,1H3/t20-/m0/s1. The molecule has 0 bridgehead atoms. The van der Waals surface area contributed by atoms with Crippen LogP contribution < -0.4 is 4.90 Å². The van der Waals surface area contributed by atoms with E-state index in [1.165, 1.54) is 7.11 Å². The van der Waals surface area contributed by atoms with Gasteiger partial charge in [-0.1, -0.05) is 42.5 Å². The van der Waals surface area contributed by atoms with E-state index in [-0.39, 0.29) is 23.8 Å². The van der Waals surface area contributed by atoms with E-state index in [9.17, 15) is 9.59 Å². The number of thioether (sulfide) groups is 1. The molecule has 2 aliphatic heterocycles. The van der Waals surface area contributed by atoms with E-state index in [1.54, 1.807) is 11.8 Å². The van der Waals surface area contributed by atoms with Crippen LogP contribution in [0.5, 0.6) is 0 Å². The first-order valence-electron chi connectivity index (χ1n) is 10.1. The van der Waals surface area contributed by atoms with E-state index in [1.807, 2.05) is 41.3 Å². The van der Waals surface area contributed by atoms with Crippen LogP contribution in [0.3, 0.4) is 0 Å². The molecule has 0 spiro atoms. The maximum absolute atomic E-state index is 13.5. The Hall–Kier alpha value is -2.31. The summed E-state index contributed by atoms with van der Waals surface area (Å²) in [4.78, 5) is 30.5. The zero-order chi connectivity index (χ0) is 20.2. The lowest BCUT2D eigenvalue weighted by Crippen LogP contribution is -2.47. The highest BCUT2D eigenvalue weighted by molar-refractivity contribution is 7.99. The molecule has 0 N–H and O–H groups in total. The number of hydrogen-bond donors (Lipinski definition) is 0. The zero-order valence-electron chi connectivity index (χ0n) is 16.6. The van der Waals surface area contributed by atoms with E-state index >= 15 is 0 Å². The van der Waals surface area contributed by atoms with Gasteiger partial charge in [-0.15, -0.1) is 11.8 Å². The Bertz CT molecular complexity index is 865. The van der Waals surface area contributed by atoms with E-state index in [0.717, 1.165) is 47.8 Å². The number of amides is 1. The van der Waals surface area contributed by atoms with Crippen LogP contribution in [0.15, 0.2) is 59.5 Å². The summed E-state index contributed by atoms with van der Waals surface area (Å²) in [6, 6.07) is 18.4. The molecule has 6 heteroatoms. The number of esters is 1. The molecule has 2 aliphatic rings. The van der Waals surface area contributed by atoms with Crippen molar-refractivity contribution >= 4 is 29.3 Å². The Labute approximate surface area is 176 Å². The molecule has 2 aromatic carbocycles. The average Bonchev–Trinajstić information content (AvgIpc) is 2.78. The fourth-order valence-corrected chi connectivity index (χ4v) is 5.35. The van der Waals surface area contributed by atoms with Crippen LogP contribution in [-0.2, 0) is 14.3 Å². The number of benzene rings is 2. The van der Waals surface area contributed by atoms with Crippen molar-refractivity contribution in [1.82, 2.24) is 4.90 Å². The lowest BCUT2D eigenvalue weighted by Gasteiger charge is -2.39. The number of carbonyl (C=O) groups is 2. The topological polar surface area (TPSA) is 49.9 Å². The number of carbonyl (C=O) groups excluding carboxylic acids is 2. The molecule has 0 radical (unpaired) electrons. The molecule has 1 amide bonds. The predicted molar refractivity (Wildman–Crippen MR) is 115 cm³/mol. The molecule has 1 atom stereocenters. The second kappa shape index (κ2) is 9.01. The monoisotopic (exact) mass is 410 g/mol. The first kappa shape index (κ1) is 20.0. The third-order valence-corrected chi connectivity index (χ3v) is 6.91. The maximum atomic E-state index is 13.5. The summed E-state index contributed by atoms with van der Waals surface area (Å²) < 4.78 is 4.87. The van der Waals surface area contributed by atoms with Crippen molar-refractivity contribution in [1.29, 1.82) is 0 Å². The number of anilines is 1. The fraction of sp³-hybridized carbons (Fsp3) is 0.391. The third kappa shape index (κ3) is 4.33. The number of nitrogens with zero attached hydrogens (tertiary/aromatic N) is 2. The molecule has 4 rings (SSSR count). The second-order valence-corrected chi connectivity index (χ2v) is 8.60. The molecular weight excluding hydrogens is 384 g/mol. The minimum absolute atomic E-state index is 0.0243. The first-order valence-corrected chi connectivity index (χ1v) is 11.0. The van der Waals surface area contributed by atoms with Crippen molar-refractivity contribution in [2.45, 2.75) is 23.8 Å². The number of para-hydroxylation sites is 1. The maximum Gasteiger partial charge on any atom is 0.308 e. The number of fused-ring (bicyclic) bond motifs is 1. The van der Waals surface area contributed by atoms with Crippen LogP contribution >= 0.6 is 11.8 Å². The molecule has 1 saturated heterocycles. The Kier molecular flexibility index (Phi) is 6.21. The van der Waals surface area contributed by atoms with Gasteiger partial charge in [0.1, 0.15) is 0 Å². The summed E-state index contributed by atoms with van der Waals surface area (Å²) in [6.07, 6.45) is 1.49. The van der Waals surface area contributed by atoms with Crippen molar-refractivity contribution in [3.8, 4) is 0 Å². The fourth-order valence-electron chi connectivity index (χ4n) is 4.18. The summed E-state index contributed by atoms with van der Waals surface area (Å²) >= 11 is 1.81. The molecule has 2 heterocycles. The molecule has 0 saturated carbocycles. The van der Waals surface area contributed by atoms with Gasteiger partial charge in [-0.05, 0) is 43.6 Å². The number of methoxy groups -OCH3 is 1. The summed E-state index contributed by atoms with van der Waals surface area (Å²) in [5.74, 6) is 0.776. The van der Waals surface area contributed by atoms with Crippen LogP contribution in [0.4, 0.5) is 5.69 Å². The molecule has 29 heavy (non-hydrogen) atoms. The smallest absolute Gasteiger partial charge is 0.308 e. The van der Waals surface area contributed by atoms with Crippen molar-refractivity contribution in [2.24, 2.45) is 5.92 Å². The van der Waals surface area contributed by atoms with Gasteiger partial charge in [-0.2, -0.15) is 0 Å². The number of piperidine rings is 1. The normalized spacial score (nSPS) is 20.2. The molecule has 1 fully saturated rings. The van der Waals surface area contributed by atoms with Gasteiger partial charge in [0.05, 0.1) is 31.3 Å². The Balaban J connectivity index is 1.52. The quantitative estimate of drug-likeness (QED) is 0.719. The van der Waals surface area contributed by atoms with E-state index in [2.05, 4.69) is 23.1 Å². The SMILES string of the molecule is COC(=O)C1CCN(CC(=O)N2c3ccccc3SC[C@H]2c2ccccc2)CC1. The van der Waals surface area contributed by atoms with Gasteiger partial charge in [0.25, 0.3) is 0 Å². The number of likely N-dealkylation sites (tertiary alicyclic amines) is 1. The van der Waals surface area contributed by atoms with Crippen LogP contribution in [-0.4, -0.2) is 49.3 Å². The lowest BCUT2D eigenvalue weighted by atomic mass is 9.97. The van der Waals surface area contributed by atoms with Gasteiger partial charge in [0.2, 0.25) is 5.91 Å². The molecule has 2 aromatic rings. The molecular formula is C23H26N2O3S. The van der Waals surface area contributed by atoms with Crippen molar-refractivity contribution < 1.29 is 14.3 Å². The molecule has 0 unspecified atom stereocenters.